The van der Waals surface area contributed by atoms with E-state index >= 15 is 0 Å². The fourth-order valence-corrected chi connectivity index (χ4v) is 2.67. The van der Waals surface area contributed by atoms with Gasteiger partial charge in [-0.15, -0.1) is 0 Å². The summed E-state index contributed by atoms with van der Waals surface area (Å²) in [5.74, 6) is -1.49. The maximum atomic E-state index is 12.9. The van der Waals surface area contributed by atoms with Crippen LogP contribution < -0.4 is 15.4 Å². The van der Waals surface area contributed by atoms with Crippen molar-refractivity contribution < 1.29 is 23.9 Å². The number of imide groups is 1. The molecule has 0 aliphatic heterocycles. The van der Waals surface area contributed by atoms with Crippen LogP contribution in [0.3, 0.4) is 0 Å². The predicted octanol–water partition coefficient (Wildman–Crippen LogP) is 2.23. The zero-order valence-electron chi connectivity index (χ0n) is 16.4. The Morgan fingerprint density at radius 2 is 1.63 bits per heavy atom. The fraction of sp³-hybridized carbons (Fsp3) is 0.143. The number of ether oxygens (including phenoxy) is 2. The molecular weight excluding hydrogens is 388 g/mol. The van der Waals surface area contributed by atoms with Gasteiger partial charge in [-0.2, -0.15) is 5.10 Å². The molecule has 0 bridgehead atoms. The first-order valence-corrected chi connectivity index (χ1v) is 9.01. The third kappa shape index (κ3) is 4.64. The van der Waals surface area contributed by atoms with E-state index in [-0.39, 0.29) is 11.4 Å². The molecule has 0 saturated heterocycles. The third-order valence-corrected chi connectivity index (χ3v) is 4.14. The Kier molecular flexibility index (Phi) is 6.43. The summed E-state index contributed by atoms with van der Waals surface area (Å²) in [7, 11) is 2.77. The van der Waals surface area contributed by atoms with E-state index in [1.54, 1.807) is 30.3 Å². The van der Waals surface area contributed by atoms with Crippen molar-refractivity contribution in [2.75, 3.05) is 14.2 Å². The van der Waals surface area contributed by atoms with Gasteiger partial charge >= 0.3 is 12.0 Å². The number of aromatic nitrogens is 2. The summed E-state index contributed by atoms with van der Waals surface area (Å²) < 4.78 is 12.2. The maximum absolute atomic E-state index is 12.9. The highest BCUT2D eigenvalue weighted by atomic mass is 16.6. The molecule has 30 heavy (non-hydrogen) atoms. The lowest BCUT2D eigenvalue weighted by Gasteiger charge is -2.17. The molecule has 0 spiro atoms. The number of hydrogen-bond donors (Lipinski definition) is 2. The number of nitrogens with one attached hydrogen (secondary N) is 2. The van der Waals surface area contributed by atoms with Crippen LogP contribution in [-0.4, -0.2) is 41.8 Å². The van der Waals surface area contributed by atoms with Crippen molar-refractivity contribution in [3.63, 3.8) is 0 Å². The van der Waals surface area contributed by atoms with Gasteiger partial charge in [0, 0.05) is 12.6 Å². The molecule has 3 aromatic rings. The van der Waals surface area contributed by atoms with Crippen molar-refractivity contribution in [2.24, 2.45) is 0 Å². The second-order valence-electron chi connectivity index (χ2n) is 6.09. The van der Waals surface area contributed by atoms with E-state index in [0.717, 1.165) is 0 Å². The number of carbonyl (C=O) groups excluding carboxylic acids is 3. The average Bonchev–Trinajstić information content (AvgIpc) is 3.23. The molecule has 0 radical (unpaired) electrons. The predicted molar refractivity (Wildman–Crippen MR) is 107 cm³/mol. The monoisotopic (exact) mass is 408 g/mol. The van der Waals surface area contributed by atoms with Gasteiger partial charge in [0.2, 0.25) is 11.8 Å². The van der Waals surface area contributed by atoms with Gasteiger partial charge in [0.15, 0.2) is 5.75 Å². The standard InChI is InChI=1S/C21H20N4O5/c1-22-21(28)23-19(26)18(14-9-5-3-6-10-14)30-20(27)17-16(29-2)13-25(24-17)15-11-7-4-8-12-15/h3-13,18H,1-2H3,(H2,22,23,26,28)/t18-/m0/s1. The molecule has 3 rings (SSSR count). The topological polar surface area (TPSA) is 112 Å². The minimum atomic E-state index is -1.36. The number of para-hydroxylation sites is 1. The summed E-state index contributed by atoms with van der Waals surface area (Å²) in [5, 5.41) is 8.64. The molecule has 0 fully saturated rings. The summed E-state index contributed by atoms with van der Waals surface area (Å²) in [6.45, 7) is 0. The highest BCUT2D eigenvalue weighted by Gasteiger charge is 2.29. The van der Waals surface area contributed by atoms with Gasteiger partial charge < -0.3 is 14.8 Å². The molecular formula is C21H20N4O5. The lowest BCUT2D eigenvalue weighted by atomic mass is 10.1. The Labute approximate surface area is 172 Å². The average molecular weight is 408 g/mol. The SMILES string of the molecule is CNC(=O)NC(=O)[C@@H](OC(=O)c1nn(-c2ccccc2)cc1OC)c1ccccc1. The molecule has 3 amide bonds. The quantitative estimate of drug-likeness (QED) is 0.605. The lowest BCUT2D eigenvalue weighted by molar-refractivity contribution is -0.129. The molecule has 0 saturated carbocycles. The molecule has 9 nitrogen and oxygen atoms in total. The van der Waals surface area contributed by atoms with Crippen LogP contribution in [0.2, 0.25) is 0 Å². The van der Waals surface area contributed by atoms with E-state index in [9.17, 15) is 14.4 Å². The molecule has 2 N–H and O–H groups in total. The van der Waals surface area contributed by atoms with Crippen LogP contribution in [-0.2, 0) is 9.53 Å². The van der Waals surface area contributed by atoms with Gasteiger partial charge in [-0.3, -0.25) is 10.1 Å². The number of benzene rings is 2. The van der Waals surface area contributed by atoms with Crippen molar-refractivity contribution >= 4 is 17.9 Å². The van der Waals surface area contributed by atoms with Crippen LogP contribution in [0.15, 0.2) is 66.9 Å². The Bertz CT molecular complexity index is 1030. The molecule has 0 unspecified atom stereocenters. The third-order valence-electron chi connectivity index (χ3n) is 4.14. The van der Waals surface area contributed by atoms with E-state index in [4.69, 9.17) is 9.47 Å². The Morgan fingerprint density at radius 3 is 2.23 bits per heavy atom. The zero-order chi connectivity index (χ0) is 21.5. The number of rotatable bonds is 6. The van der Waals surface area contributed by atoms with Gasteiger partial charge in [-0.05, 0) is 12.1 Å². The summed E-state index contributed by atoms with van der Waals surface area (Å²) in [4.78, 5) is 37.0. The van der Waals surface area contributed by atoms with Crippen molar-refractivity contribution in [3.8, 4) is 11.4 Å². The van der Waals surface area contributed by atoms with E-state index in [0.29, 0.717) is 11.3 Å². The first kappa shape index (κ1) is 20.6. The van der Waals surface area contributed by atoms with Crippen molar-refractivity contribution in [2.45, 2.75) is 6.10 Å². The van der Waals surface area contributed by atoms with Gasteiger partial charge in [-0.25, -0.2) is 14.3 Å². The normalized spacial score (nSPS) is 11.3. The largest absolute Gasteiger partial charge is 0.493 e. The molecule has 2 aromatic carbocycles. The van der Waals surface area contributed by atoms with Crippen molar-refractivity contribution in [1.82, 2.24) is 20.4 Å². The highest BCUT2D eigenvalue weighted by molar-refractivity contribution is 5.99. The summed E-state index contributed by atoms with van der Waals surface area (Å²) in [5.41, 5.74) is 1.01. The molecule has 1 aromatic heterocycles. The number of nitrogens with zero attached hydrogens (tertiary/aromatic N) is 2. The Hall–Kier alpha value is -4.14. The molecule has 0 aliphatic rings. The van der Waals surface area contributed by atoms with Gasteiger partial charge in [-0.1, -0.05) is 48.5 Å². The summed E-state index contributed by atoms with van der Waals surface area (Å²) in [6.07, 6.45) is 0.177. The zero-order valence-corrected chi connectivity index (χ0v) is 16.4. The summed E-state index contributed by atoms with van der Waals surface area (Å²) in [6, 6.07) is 16.8. The maximum Gasteiger partial charge on any atom is 0.363 e. The van der Waals surface area contributed by atoms with Gasteiger partial charge in [0.1, 0.15) is 0 Å². The Balaban J connectivity index is 1.89. The number of amides is 3. The van der Waals surface area contributed by atoms with Crippen molar-refractivity contribution in [1.29, 1.82) is 0 Å². The van der Waals surface area contributed by atoms with E-state index in [2.05, 4.69) is 15.7 Å². The minimum absolute atomic E-state index is 0.102. The molecule has 154 valence electrons. The Morgan fingerprint density at radius 1 is 1.00 bits per heavy atom. The van der Waals surface area contributed by atoms with E-state index in [1.165, 1.54) is 25.0 Å². The summed E-state index contributed by atoms with van der Waals surface area (Å²) >= 11 is 0. The number of urea groups is 1. The van der Waals surface area contributed by atoms with Crippen molar-refractivity contribution in [3.05, 3.63) is 78.1 Å². The van der Waals surface area contributed by atoms with Crippen LogP contribution in [0.1, 0.15) is 22.2 Å². The first-order chi connectivity index (χ1) is 14.5. The highest BCUT2D eigenvalue weighted by Crippen LogP contribution is 2.24. The van der Waals surface area contributed by atoms with E-state index < -0.39 is 24.0 Å². The van der Waals surface area contributed by atoms with Crippen LogP contribution in [0, 0.1) is 0 Å². The molecule has 9 heteroatoms. The molecule has 1 heterocycles. The number of methoxy groups -OCH3 is 1. The second kappa shape index (κ2) is 9.37. The number of esters is 1. The molecule has 1 atom stereocenters. The van der Waals surface area contributed by atoms with Crippen LogP contribution in [0.5, 0.6) is 5.75 Å². The van der Waals surface area contributed by atoms with Gasteiger partial charge in [0.25, 0.3) is 5.91 Å². The van der Waals surface area contributed by atoms with E-state index in [1.807, 2.05) is 30.3 Å². The lowest BCUT2D eigenvalue weighted by Crippen LogP contribution is -2.41. The minimum Gasteiger partial charge on any atom is -0.493 e. The van der Waals surface area contributed by atoms with Gasteiger partial charge in [0.05, 0.1) is 19.0 Å². The smallest absolute Gasteiger partial charge is 0.363 e. The molecule has 0 aliphatic carbocycles. The van der Waals surface area contributed by atoms with Crippen LogP contribution in [0.4, 0.5) is 4.79 Å². The first-order valence-electron chi connectivity index (χ1n) is 9.01. The fourth-order valence-electron chi connectivity index (χ4n) is 2.67. The number of carbonyl (C=O) groups is 3. The second-order valence-corrected chi connectivity index (χ2v) is 6.09. The van der Waals surface area contributed by atoms with Crippen LogP contribution in [0.25, 0.3) is 5.69 Å². The van der Waals surface area contributed by atoms with Crippen LogP contribution >= 0.6 is 0 Å². The number of hydrogen-bond acceptors (Lipinski definition) is 6.